The number of aliphatic hydroxyl groups is 1. The number of carbonyl (C=O) groups excluding carboxylic acids is 1. The molecule has 0 spiro atoms. The monoisotopic (exact) mass is 237 g/mol. The molecule has 0 aliphatic rings. The Morgan fingerprint density at radius 1 is 1.25 bits per heavy atom. The zero-order chi connectivity index (χ0) is 14.0. The van der Waals surface area contributed by atoms with E-state index in [1.54, 1.807) is 7.11 Å². The third-order valence-electron chi connectivity index (χ3n) is 0.787. The Kier molecular flexibility index (Phi) is 36.7. The Bertz CT molecular complexity index is 101. The number of nitrogens with one attached hydrogen (secondary N) is 1. The zero-order valence-electron chi connectivity index (χ0n) is 12.3. The number of carbonyl (C=O) groups is 1. The highest BCUT2D eigenvalue weighted by molar-refractivity contribution is 5.45. The van der Waals surface area contributed by atoms with Gasteiger partial charge >= 0.3 is 0 Å². The van der Waals surface area contributed by atoms with Gasteiger partial charge in [0.25, 0.3) is 0 Å². The van der Waals surface area contributed by atoms with Gasteiger partial charge in [0.15, 0.2) is 0 Å². The second-order valence-electron chi connectivity index (χ2n) is 3.50. The quantitative estimate of drug-likeness (QED) is 0.573. The maximum Gasteiger partial charge on any atom is 0.208 e. The normalized spacial score (nSPS) is 8.06. The molecule has 0 atom stereocenters. The van der Waals surface area contributed by atoms with Gasteiger partial charge in [-0.25, -0.2) is 0 Å². The number of amides is 1. The summed E-state index contributed by atoms with van der Waals surface area (Å²) in [6, 6.07) is 0. The molecule has 0 aromatic carbocycles. The Morgan fingerprint density at radius 3 is 1.50 bits per heavy atom. The van der Waals surface area contributed by atoms with Gasteiger partial charge in [0.1, 0.15) is 6.73 Å². The summed E-state index contributed by atoms with van der Waals surface area (Å²) in [4.78, 5) is 9.13. The Morgan fingerprint density at radius 2 is 1.50 bits per heavy atom. The molecule has 16 heavy (non-hydrogen) atoms. The van der Waals surface area contributed by atoms with E-state index in [1.807, 2.05) is 39.9 Å². The maximum absolute atomic E-state index is 9.13. The van der Waals surface area contributed by atoms with Crippen molar-refractivity contribution >= 4 is 6.41 Å². The summed E-state index contributed by atoms with van der Waals surface area (Å²) >= 11 is 0. The van der Waals surface area contributed by atoms with E-state index in [4.69, 9.17) is 14.6 Å². The third-order valence-corrected chi connectivity index (χ3v) is 0.787. The average Bonchev–Trinajstić information content (AvgIpc) is 2.23. The van der Waals surface area contributed by atoms with Crippen molar-refractivity contribution in [2.24, 2.45) is 0 Å². The number of hydrogen-bond acceptors (Lipinski definition) is 3. The van der Waals surface area contributed by atoms with Crippen LogP contribution in [0.1, 0.15) is 54.9 Å². The lowest BCUT2D eigenvalue weighted by molar-refractivity contribution is -0.110. The highest BCUT2D eigenvalue weighted by Crippen LogP contribution is 2.02. The van der Waals surface area contributed by atoms with Gasteiger partial charge in [-0.2, -0.15) is 0 Å². The second-order valence-corrected chi connectivity index (χ2v) is 3.50. The van der Waals surface area contributed by atoms with Crippen molar-refractivity contribution in [3.05, 3.63) is 0 Å². The topological polar surface area (TPSA) is 58.6 Å². The Balaban J connectivity index is -0.0000000653. The zero-order valence-corrected chi connectivity index (χ0v) is 12.3. The van der Waals surface area contributed by atoms with Crippen LogP contribution in [0.5, 0.6) is 0 Å². The molecule has 0 aromatic rings. The first kappa shape index (κ1) is 24.6. The summed E-state index contributed by atoms with van der Waals surface area (Å²) in [5.41, 5.74) is 0.0417. The average molecular weight is 237 g/mol. The summed E-state index contributed by atoms with van der Waals surface area (Å²) in [5.74, 6) is 0. The number of methoxy groups -OCH3 is 1. The minimum Gasteiger partial charge on any atom is -0.379 e. The molecule has 0 unspecified atom stereocenters. The fourth-order valence-electron chi connectivity index (χ4n) is 0.0373. The van der Waals surface area contributed by atoms with Gasteiger partial charge in [-0.3, -0.25) is 4.79 Å². The fourth-order valence-corrected chi connectivity index (χ4v) is 0.0373. The molecule has 0 radical (unpaired) electrons. The van der Waals surface area contributed by atoms with Crippen LogP contribution in [0.4, 0.5) is 0 Å². The Hall–Kier alpha value is -0.610. The summed E-state index contributed by atoms with van der Waals surface area (Å²) in [7, 11) is 1.71. The number of hydrogen-bond donors (Lipinski definition) is 2. The minimum absolute atomic E-state index is 0.0417. The van der Waals surface area contributed by atoms with Crippen molar-refractivity contribution in [1.29, 1.82) is 0 Å². The van der Waals surface area contributed by atoms with E-state index in [2.05, 4.69) is 13.8 Å². The van der Waals surface area contributed by atoms with E-state index < -0.39 is 0 Å². The molecule has 0 aliphatic heterocycles. The predicted octanol–water partition coefficient (Wildman–Crippen LogP) is 2.56. The van der Waals surface area contributed by atoms with E-state index >= 15 is 0 Å². The van der Waals surface area contributed by atoms with Gasteiger partial charge in [-0.05, 0) is 20.8 Å². The van der Waals surface area contributed by atoms with Crippen molar-refractivity contribution in [3.8, 4) is 0 Å². The molecule has 0 fully saturated rings. The van der Waals surface area contributed by atoms with E-state index in [1.165, 1.54) is 6.42 Å². The molecule has 0 bridgehead atoms. The van der Waals surface area contributed by atoms with Crippen molar-refractivity contribution in [3.63, 3.8) is 0 Å². The van der Waals surface area contributed by atoms with Crippen LogP contribution in [0.3, 0.4) is 0 Å². The third kappa shape index (κ3) is 107. The molecule has 0 heterocycles. The first-order chi connectivity index (χ1) is 7.39. The summed E-state index contributed by atoms with van der Waals surface area (Å²) in [5, 5.41) is 9.71. The van der Waals surface area contributed by atoms with Crippen molar-refractivity contribution in [2.75, 3.05) is 13.8 Å². The summed E-state index contributed by atoms with van der Waals surface area (Å²) in [6.07, 6.45) is 1.68. The highest BCUT2D eigenvalue weighted by Gasteiger charge is 2.03. The molecule has 1 amide bonds. The van der Waals surface area contributed by atoms with Crippen molar-refractivity contribution < 1.29 is 14.6 Å². The first-order valence-corrected chi connectivity index (χ1v) is 5.72. The van der Waals surface area contributed by atoms with Crippen LogP contribution < -0.4 is 5.32 Å². The molecule has 0 aromatic heterocycles. The Labute approximate surface area is 101 Å². The lowest BCUT2D eigenvalue weighted by Crippen LogP contribution is -2.15. The van der Waals surface area contributed by atoms with Crippen LogP contribution in [0.15, 0.2) is 0 Å². The molecule has 0 saturated carbocycles. The van der Waals surface area contributed by atoms with Crippen LogP contribution in [-0.2, 0) is 9.53 Å². The molecule has 0 rings (SSSR count). The predicted molar refractivity (Wildman–Crippen MR) is 70.4 cm³/mol. The molecular formula is C12H31NO3. The fraction of sp³-hybridized carbons (Fsp3) is 0.917. The largest absolute Gasteiger partial charge is 0.379 e. The van der Waals surface area contributed by atoms with Gasteiger partial charge in [0.05, 0.1) is 5.60 Å². The van der Waals surface area contributed by atoms with Gasteiger partial charge in [-0.15, -0.1) is 0 Å². The second kappa shape index (κ2) is 23.9. The number of aliphatic hydroxyl groups excluding tert-OH is 1. The van der Waals surface area contributed by atoms with Crippen LogP contribution in [0, 0.1) is 0 Å². The number of ether oxygens (including phenoxy) is 1. The van der Waals surface area contributed by atoms with Crippen molar-refractivity contribution in [2.45, 2.75) is 60.5 Å². The summed E-state index contributed by atoms with van der Waals surface area (Å²) < 4.78 is 4.94. The smallest absolute Gasteiger partial charge is 0.208 e. The molecule has 102 valence electrons. The molecule has 4 nitrogen and oxygen atoms in total. The lowest BCUT2D eigenvalue weighted by atomic mass is 10.2. The molecule has 2 N–H and O–H groups in total. The molecular weight excluding hydrogens is 206 g/mol. The lowest BCUT2D eigenvalue weighted by Gasteiger charge is -2.14. The van der Waals surface area contributed by atoms with Crippen LogP contribution in [0.2, 0.25) is 0 Å². The van der Waals surface area contributed by atoms with Gasteiger partial charge in [0.2, 0.25) is 6.41 Å². The van der Waals surface area contributed by atoms with E-state index in [0.717, 1.165) is 0 Å². The SMILES string of the molecule is CC.CCC.COC(C)(C)C.O=CNCO. The van der Waals surface area contributed by atoms with Crippen LogP contribution in [-0.4, -0.2) is 31.0 Å². The summed E-state index contributed by atoms with van der Waals surface area (Å²) in [6.45, 7) is 14.0. The van der Waals surface area contributed by atoms with Crippen LogP contribution >= 0.6 is 0 Å². The maximum atomic E-state index is 9.13. The number of rotatable bonds is 2. The van der Waals surface area contributed by atoms with E-state index in [9.17, 15) is 0 Å². The minimum atomic E-state index is -0.274. The van der Waals surface area contributed by atoms with Gasteiger partial charge in [-0.1, -0.05) is 34.1 Å². The van der Waals surface area contributed by atoms with Crippen LogP contribution in [0.25, 0.3) is 0 Å². The molecule has 0 aliphatic carbocycles. The molecule has 4 heteroatoms. The molecule has 0 saturated heterocycles. The standard InChI is InChI=1S/C5H12O.C3H8.C2H5NO2.C2H6/c1-5(2,3)6-4;1-3-2;4-1-3-2-5;1-2/h1-4H3;3H2,1-2H3;1,5H,2H2,(H,3,4);1-2H3. The van der Waals surface area contributed by atoms with Crippen molar-refractivity contribution in [1.82, 2.24) is 5.32 Å². The van der Waals surface area contributed by atoms with E-state index in [0.29, 0.717) is 6.41 Å². The van der Waals surface area contributed by atoms with E-state index in [-0.39, 0.29) is 12.3 Å². The van der Waals surface area contributed by atoms with Gasteiger partial charge in [0, 0.05) is 7.11 Å². The van der Waals surface area contributed by atoms with Gasteiger partial charge < -0.3 is 15.2 Å². The highest BCUT2D eigenvalue weighted by atomic mass is 16.5. The first-order valence-electron chi connectivity index (χ1n) is 5.72.